The van der Waals surface area contributed by atoms with E-state index < -0.39 is 12.1 Å². The Morgan fingerprint density at radius 1 is 1.07 bits per heavy atom. The van der Waals surface area contributed by atoms with E-state index >= 15 is 0 Å². The van der Waals surface area contributed by atoms with Gasteiger partial charge in [0.15, 0.2) is 18.5 Å². The maximum Gasteiger partial charge on any atom is 0.347 e. The van der Waals surface area contributed by atoms with Crippen molar-refractivity contribution in [3.8, 4) is 5.75 Å². The Hall–Kier alpha value is -3.15. The van der Waals surface area contributed by atoms with Gasteiger partial charge in [0.05, 0.1) is 0 Å². The number of ether oxygens (including phenoxy) is 2. The first kappa shape index (κ1) is 19.6. The zero-order valence-electron chi connectivity index (χ0n) is 16.0. The molecule has 1 aliphatic rings. The van der Waals surface area contributed by atoms with Crippen molar-refractivity contribution in [1.29, 1.82) is 0 Å². The predicted octanol–water partition coefficient (Wildman–Crippen LogP) is 3.32. The van der Waals surface area contributed by atoms with E-state index in [9.17, 15) is 14.4 Å². The highest BCUT2D eigenvalue weighted by Gasteiger charge is 2.22. The zero-order chi connectivity index (χ0) is 20.1. The maximum atomic E-state index is 12.3. The number of anilines is 1. The number of aryl methyl sites for hydroxylation is 1. The minimum absolute atomic E-state index is 0.0931. The fraction of sp³-hybridized carbons (Fsp3) is 0.318. The second-order valence-electron chi connectivity index (χ2n) is 6.80. The number of hydrogen-bond donors (Lipinski definition) is 0. The molecule has 1 amide bonds. The van der Waals surface area contributed by atoms with E-state index in [1.165, 1.54) is 0 Å². The maximum absolute atomic E-state index is 12.3. The van der Waals surface area contributed by atoms with E-state index in [0.29, 0.717) is 24.3 Å². The number of ketones is 1. The van der Waals surface area contributed by atoms with Crippen LogP contribution >= 0.6 is 0 Å². The molecular formula is C22H23NO5. The number of carbonyl (C=O) groups excluding carboxylic acids is 3. The van der Waals surface area contributed by atoms with Gasteiger partial charge >= 0.3 is 5.97 Å². The molecule has 3 rings (SSSR count). The van der Waals surface area contributed by atoms with E-state index in [1.807, 2.05) is 19.1 Å². The molecule has 1 fully saturated rings. The van der Waals surface area contributed by atoms with Gasteiger partial charge in [0.1, 0.15) is 5.75 Å². The van der Waals surface area contributed by atoms with Crippen molar-refractivity contribution in [3.63, 3.8) is 0 Å². The number of hydrogen-bond acceptors (Lipinski definition) is 5. The van der Waals surface area contributed by atoms with Gasteiger partial charge in [-0.1, -0.05) is 17.7 Å². The minimum atomic E-state index is -0.820. The molecule has 6 nitrogen and oxygen atoms in total. The fourth-order valence-corrected chi connectivity index (χ4v) is 2.95. The normalized spacial score (nSPS) is 14.6. The van der Waals surface area contributed by atoms with Crippen LogP contribution in [0, 0.1) is 6.92 Å². The first-order valence-corrected chi connectivity index (χ1v) is 9.27. The number of benzene rings is 2. The molecule has 0 N–H and O–H groups in total. The lowest BCUT2D eigenvalue weighted by Crippen LogP contribution is -2.28. The predicted molar refractivity (Wildman–Crippen MR) is 105 cm³/mol. The Balaban J connectivity index is 1.50. The van der Waals surface area contributed by atoms with E-state index in [2.05, 4.69) is 0 Å². The van der Waals surface area contributed by atoms with Crippen LogP contribution in [0.5, 0.6) is 5.75 Å². The summed E-state index contributed by atoms with van der Waals surface area (Å²) in [5.41, 5.74) is 2.29. The summed E-state index contributed by atoms with van der Waals surface area (Å²) in [5.74, 6) is -0.257. The molecule has 0 spiro atoms. The Morgan fingerprint density at radius 3 is 2.36 bits per heavy atom. The molecule has 1 atom stereocenters. The van der Waals surface area contributed by atoms with E-state index in [-0.39, 0.29) is 18.3 Å². The summed E-state index contributed by atoms with van der Waals surface area (Å²) in [5, 5.41) is 0. The molecule has 0 saturated carbocycles. The van der Waals surface area contributed by atoms with Crippen LogP contribution in [-0.2, 0) is 14.3 Å². The van der Waals surface area contributed by atoms with E-state index in [4.69, 9.17) is 9.47 Å². The van der Waals surface area contributed by atoms with Crippen molar-refractivity contribution in [3.05, 3.63) is 59.7 Å². The summed E-state index contributed by atoms with van der Waals surface area (Å²) >= 11 is 0. The summed E-state index contributed by atoms with van der Waals surface area (Å²) < 4.78 is 10.6. The number of amides is 1. The van der Waals surface area contributed by atoms with Gasteiger partial charge < -0.3 is 14.4 Å². The van der Waals surface area contributed by atoms with E-state index in [0.717, 1.165) is 17.7 Å². The van der Waals surface area contributed by atoms with Crippen LogP contribution in [0.2, 0.25) is 0 Å². The molecular weight excluding hydrogens is 358 g/mol. The third-order valence-corrected chi connectivity index (χ3v) is 4.59. The number of esters is 1. The minimum Gasteiger partial charge on any atom is -0.479 e. The molecule has 0 bridgehead atoms. The molecule has 1 aliphatic heterocycles. The van der Waals surface area contributed by atoms with Gasteiger partial charge in [0.25, 0.3) is 0 Å². The Bertz CT molecular complexity index is 858. The van der Waals surface area contributed by atoms with Gasteiger partial charge in [-0.2, -0.15) is 0 Å². The average molecular weight is 381 g/mol. The molecule has 0 radical (unpaired) electrons. The van der Waals surface area contributed by atoms with E-state index in [1.54, 1.807) is 48.2 Å². The Labute approximate surface area is 164 Å². The van der Waals surface area contributed by atoms with Crippen LogP contribution in [0.15, 0.2) is 48.5 Å². The fourth-order valence-electron chi connectivity index (χ4n) is 2.95. The SMILES string of the molecule is Cc1ccc(OC(C)C(=O)OCC(=O)c2ccc(N3CCCC3=O)cc2)cc1. The van der Waals surface area contributed by atoms with Gasteiger partial charge in [0, 0.05) is 24.2 Å². The third-order valence-electron chi connectivity index (χ3n) is 4.59. The van der Waals surface area contributed by atoms with Crippen molar-refractivity contribution >= 4 is 23.3 Å². The van der Waals surface area contributed by atoms with Crippen LogP contribution in [0.3, 0.4) is 0 Å². The smallest absolute Gasteiger partial charge is 0.347 e. The topological polar surface area (TPSA) is 72.9 Å². The van der Waals surface area contributed by atoms with Crippen LogP contribution in [0.1, 0.15) is 35.7 Å². The number of carbonyl (C=O) groups is 3. The molecule has 6 heteroatoms. The average Bonchev–Trinajstić information content (AvgIpc) is 3.13. The van der Waals surface area contributed by atoms with Crippen molar-refractivity contribution in [1.82, 2.24) is 0 Å². The van der Waals surface area contributed by atoms with Crippen LogP contribution in [0.4, 0.5) is 5.69 Å². The highest BCUT2D eigenvalue weighted by atomic mass is 16.6. The second kappa shape index (κ2) is 8.69. The first-order valence-electron chi connectivity index (χ1n) is 9.27. The molecule has 1 unspecified atom stereocenters. The summed E-state index contributed by atoms with van der Waals surface area (Å²) in [6.45, 7) is 3.88. The van der Waals surface area contributed by atoms with Crippen molar-refractivity contribution in [2.24, 2.45) is 0 Å². The van der Waals surface area contributed by atoms with Crippen molar-refractivity contribution in [2.75, 3.05) is 18.1 Å². The Morgan fingerprint density at radius 2 is 1.75 bits per heavy atom. The van der Waals surface area contributed by atoms with Crippen LogP contribution in [0.25, 0.3) is 0 Å². The lowest BCUT2D eigenvalue weighted by molar-refractivity contribution is -0.149. The zero-order valence-corrected chi connectivity index (χ0v) is 16.0. The van der Waals surface area contributed by atoms with Gasteiger partial charge in [-0.15, -0.1) is 0 Å². The van der Waals surface area contributed by atoms with Crippen LogP contribution in [-0.4, -0.2) is 36.9 Å². The molecule has 2 aromatic carbocycles. The molecule has 1 heterocycles. The first-order chi connectivity index (χ1) is 13.4. The molecule has 146 valence electrons. The number of Topliss-reactive ketones (excluding diaryl/α,β-unsaturated/α-hetero) is 1. The summed E-state index contributed by atoms with van der Waals surface area (Å²) in [7, 11) is 0. The van der Waals surface area contributed by atoms with Gasteiger partial charge in [-0.25, -0.2) is 4.79 Å². The number of nitrogens with zero attached hydrogens (tertiary/aromatic N) is 1. The second-order valence-corrected chi connectivity index (χ2v) is 6.80. The monoisotopic (exact) mass is 381 g/mol. The molecule has 1 saturated heterocycles. The van der Waals surface area contributed by atoms with Crippen molar-refractivity contribution < 1.29 is 23.9 Å². The molecule has 2 aromatic rings. The Kier molecular flexibility index (Phi) is 6.09. The van der Waals surface area contributed by atoms with Crippen molar-refractivity contribution in [2.45, 2.75) is 32.8 Å². The quantitative estimate of drug-likeness (QED) is 0.543. The third kappa shape index (κ3) is 4.76. The van der Waals surface area contributed by atoms with Crippen LogP contribution < -0.4 is 9.64 Å². The lowest BCUT2D eigenvalue weighted by Gasteiger charge is -2.16. The summed E-state index contributed by atoms with van der Waals surface area (Å²) in [6, 6.07) is 14.1. The van der Waals surface area contributed by atoms with Gasteiger partial charge in [-0.3, -0.25) is 9.59 Å². The molecule has 28 heavy (non-hydrogen) atoms. The molecule has 0 aliphatic carbocycles. The van der Waals surface area contributed by atoms with Gasteiger partial charge in [-0.05, 0) is 56.7 Å². The summed E-state index contributed by atoms with van der Waals surface area (Å²) in [4.78, 5) is 37.8. The van der Waals surface area contributed by atoms with Gasteiger partial charge in [0.2, 0.25) is 5.91 Å². The largest absolute Gasteiger partial charge is 0.479 e. The number of rotatable bonds is 7. The molecule has 0 aromatic heterocycles. The lowest BCUT2D eigenvalue weighted by atomic mass is 10.1. The standard InChI is InChI=1S/C22H23NO5/c1-15-5-11-19(12-6-15)28-16(2)22(26)27-14-20(24)17-7-9-18(10-8-17)23-13-3-4-21(23)25/h5-12,16H,3-4,13-14H2,1-2H3. The highest BCUT2D eigenvalue weighted by Crippen LogP contribution is 2.21. The summed E-state index contributed by atoms with van der Waals surface area (Å²) in [6.07, 6.45) is 0.580. The highest BCUT2D eigenvalue weighted by molar-refractivity contribution is 5.99.